The molecule has 30 heavy (non-hydrogen) atoms. The fraction of sp³-hybridized carbons (Fsp3) is 0.381. The van der Waals surface area contributed by atoms with Crippen LogP contribution in [-0.4, -0.2) is 56.3 Å². The summed E-state index contributed by atoms with van der Waals surface area (Å²) in [5.41, 5.74) is 1.08. The van der Waals surface area contributed by atoms with Crippen molar-refractivity contribution >= 4 is 22.9 Å². The van der Waals surface area contributed by atoms with Gasteiger partial charge in [-0.1, -0.05) is 18.2 Å². The first-order valence-corrected chi connectivity index (χ1v) is 9.92. The summed E-state index contributed by atoms with van der Waals surface area (Å²) in [6.45, 7) is 1.29. The molecule has 9 heteroatoms. The number of ether oxygens (including phenoxy) is 1. The molecule has 1 aliphatic heterocycles. The van der Waals surface area contributed by atoms with Gasteiger partial charge in [-0.15, -0.1) is 0 Å². The van der Waals surface area contributed by atoms with Gasteiger partial charge in [-0.05, 0) is 25.0 Å². The summed E-state index contributed by atoms with van der Waals surface area (Å²) in [6.07, 6.45) is 4.37. The number of esters is 1. The number of para-hydroxylation sites is 1. The molecule has 156 valence electrons. The molecule has 0 aliphatic carbocycles. The number of aromatic nitrogens is 4. The van der Waals surface area contributed by atoms with Crippen LogP contribution < -0.4 is 5.56 Å². The highest BCUT2D eigenvalue weighted by Gasteiger charge is 2.27. The molecule has 0 spiro atoms. The number of rotatable bonds is 5. The van der Waals surface area contributed by atoms with E-state index < -0.39 is 0 Å². The summed E-state index contributed by atoms with van der Waals surface area (Å²) in [4.78, 5) is 43.1. The molecule has 1 fully saturated rings. The second-order valence-corrected chi connectivity index (χ2v) is 7.30. The maximum atomic E-state index is 12.8. The van der Waals surface area contributed by atoms with Crippen LogP contribution in [0.4, 0.5) is 0 Å². The predicted octanol–water partition coefficient (Wildman–Crippen LogP) is 1.38. The monoisotopic (exact) mass is 409 g/mol. The van der Waals surface area contributed by atoms with Crippen molar-refractivity contribution in [3.8, 4) is 5.69 Å². The van der Waals surface area contributed by atoms with Crippen molar-refractivity contribution in [3.63, 3.8) is 0 Å². The van der Waals surface area contributed by atoms with Gasteiger partial charge in [0.2, 0.25) is 5.91 Å². The minimum Gasteiger partial charge on any atom is -0.469 e. The molecule has 2 aromatic heterocycles. The second-order valence-electron chi connectivity index (χ2n) is 7.30. The van der Waals surface area contributed by atoms with Crippen LogP contribution in [0.2, 0.25) is 0 Å². The Bertz CT molecular complexity index is 1110. The highest BCUT2D eigenvalue weighted by molar-refractivity contribution is 5.77. The molecule has 0 N–H and O–H groups in total. The first-order valence-electron chi connectivity index (χ1n) is 9.92. The van der Waals surface area contributed by atoms with Crippen molar-refractivity contribution in [1.82, 2.24) is 24.2 Å². The van der Waals surface area contributed by atoms with Gasteiger partial charge in [0.1, 0.15) is 5.39 Å². The number of amides is 1. The van der Waals surface area contributed by atoms with E-state index in [1.165, 1.54) is 24.2 Å². The minimum atomic E-state index is -0.223. The zero-order chi connectivity index (χ0) is 21.1. The Hall–Kier alpha value is -3.49. The minimum absolute atomic E-state index is 0.0368. The summed E-state index contributed by atoms with van der Waals surface area (Å²) in [6, 6.07) is 9.47. The number of carbonyl (C=O) groups is 2. The maximum Gasteiger partial charge on any atom is 0.308 e. The van der Waals surface area contributed by atoms with E-state index in [0.717, 1.165) is 5.69 Å². The van der Waals surface area contributed by atoms with Crippen LogP contribution in [0, 0.1) is 5.92 Å². The first kappa shape index (κ1) is 19.8. The third kappa shape index (κ3) is 3.83. The Morgan fingerprint density at radius 1 is 1.17 bits per heavy atom. The number of likely N-dealkylation sites (tertiary alicyclic amines) is 1. The van der Waals surface area contributed by atoms with Crippen molar-refractivity contribution in [1.29, 1.82) is 0 Å². The number of hydrogen-bond donors (Lipinski definition) is 0. The molecule has 4 rings (SSSR count). The number of carbonyl (C=O) groups excluding carboxylic acids is 2. The van der Waals surface area contributed by atoms with Gasteiger partial charge in [-0.25, -0.2) is 9.67 Å². The van der Waals surface area contributed by atoms with Crippen LogP contribution >= 0.6 is 0 Å². The van der Waals surface area contributed by atoms with Gasteiger partial charge in [0, 0.05) is 26.1 Å². The molecule has 0 radical (unpaired) electrons. The Morgan fingerprint density at radius 2 is 1.90 bits per heavy atom. The van der Waals surface area contributed by atoms with E-state index in [-0.39, 0.29) is 36.3 Å². The number of hydrogen-bond acceptors (Lipinski definition) is 6. The molecule has 0 unspecified atom stereocenters. The highest BCUT2D eigenvalue weighted by Crippen LogP contribution is 2.19. The van der Waals surface area contributed by atoms with E-state index in [0.29, 0.717) is 37.0 Å². The van der Waals surface area contributed by atoms with E-state index >= 15 is 0 Å². The summed E-state index contributed by atoms with van der Waals surface area (Å²) >= 11 is 0. The molecule has 3 aromatic rings. The van der Waals surface area contributed by atoms with Gasteiger partial charge < -0.3 is 9.64 Å². The lowest BCUT2D eigenvalue weighted by molar-refractivity contribution is -0.148. The summed E-state index contributed by atoms with van der Waals surface area (Å²) in [5, 5.41) is 4.70. The largest absolute Gasteiger partial charge is 0.469 e. The van der Waals surface area contributed by atoms with E-state index in [1.807, 2.05) is 30.3 Å². The zero-order valence-electron chi connectivity index (χ0n) is 16.7. The zero-order valence-corrected chi connectivity index (χ0v) is 16.7. The van der Waals surface area contributed by atoms with Crippen molar-refractivity contribution in [2.45, 2.75) is 25.8 Å². The maximum absolute atomic E-state index is 12.8. The SMILES string of the molecule is COC(=O)C1CCN(C(=O)CCn2cnc3c(cnn3-c3ccccc3)c2=O)CC1. The van der Waals surface area contributed by atoms with Crippen LogP contribution in [0.1, 0.15) is 19.3 Å². The van der Waals surface area contributed by atoms with E-state index in [4.69, 9.17) is 4.74 Å². The van der Waals surface area contributed by atoms with E-state index in [1.54, 1.807) is 9.58 Å². The van der Waals surface area contributed by atoms with Crippen molar-refractivity contribution in [3.05, 3.63) is 53.2 Å². The number of aryl methyl sites for hydroxylation is 1. The molecule has 1 aromatic carbocycles. The quantitative estimate of drug-likeness (QED) is 0.591. The number of piperidine rings is 1. The van der Waals surface area contributed by atoms with Crippen LogP contribution in [0.3, 0.4) is 0 Å². The topological polar surface area (TPSA) is 99.3 Å². The van der Waals surface area contributed by atoms with Crippen LogP contribution in [0.15, 0.2) is 47.7 Å². The molecule has 1 saturated heterocycles. The summed E-state index contributed by atoms with van der Waals surface area (Å²) in [7, 11) is 1.38. The molecule has 0 atom stereocenters. The van der Waals surface area contributed by atoms with E-state index in [9.17, 15) is 14.4 Å². The Kier molecular flexibility index (Phi) is 5.60. The van der Waals surface area contributed by atoms with Gasteiger partial charge in [0.15, 0.2) is 5.65 Å². The average Bonchev–Trinajstić information content (AvgIpc) is 3.23. The molecule has 3 heterocycles. The molecule has 0 bridgehead atoms. The molecule has 0 saturated carbocycles. The summed E-state index contributed by atoms with van der Waals surface area (Å²) < 4.78 is 7.84. The lowest BCUT2D eigenvalue weighted by atomic mass is 9.97. The number of methoxy groups -OCH3 is 1. The molecule has 9 nitrogen and oxygen atoms in total. The van der Waals surface area contributed by atoms with Gasteiger partial charge in [0.05, 0.1) is 31.2 Å². The number of benzene rings is 1. The van der Waals surface area contributed by atoms with Gasteiger partial charge >= 0.3 is 5.97 Å². The second kappa shape index (κ2) is 8.48. The van der Waals surface area contributed by atoms with E-state index in [2.05, 4.69) is 10.1 Å². The Morgan fingerprint density at radius 3 is 2.60 bits per heavy atom. The van der Waals surface area contributed by atoms with Crippen molar-refractivity contribution in [2.24, 2.45) is 5.92 Å². The standard InChI is InChI=1S/C21H23N5O4/c1-30-21(29)15-7-10-24(11-8-15)18(27)9-12-25-14-22-19-17(20(25)28)13-23-26(19)16-5-3-2-4-6-16/h2-6,13-15H,7-12H2,1H3. The number of fused-ring (bicyclic) bond motifs is 1. The molecule has 1 aliphatic rings. The highest BCUT2D eigenvalue weighted by atomic mass is 16.5. The fourth-order valence-corrected chi connectivity index (χ4v) is 3.77. The summed E-state index contributed by atoms with van der Waals surface area (Å²) in [5.74, 6) is -0.399. The fourth-order valence-electron chi connectivity index (χ4n) is 3.77. The molecular weight excluding hydrogens is 386 g/mol. The third-order valence-corrected chi connectivity index (χ3v) is 5.50. The molecular formula is C21H23N5O4. The lowest BCUT2D eigenvalue weighted by Crippen LogP contribution is -2.41. The third-order valence-electron chi connectivity index (χ3n) is 5.50. The van der Waals surface area contributed by atoms with Crippen LogP contribution in [0.25, 0.3) is 16.7 Å². The lowest BCUT2D eigenvalue weighted by Gasteiger charge is -2.30. The average molecular weight is 409 g/mol. The Balaban J connectivity index is 1.42. The normalized spacial score (nSPS) is 14.8. The Labute approximate surface area is 172 Å². The van der Waals surface area contributed by atoms with Crippen molar-refractivity contribution < 1.29 is 14.3 Å². The van der Waals surface area contributed by atoms with Crippen molar-refractivity contribution in [2.75, 3.05) is 20.2 Å². The van der Waals surface area contributed by atoms with Gasteiger partial charge in [0.25, 0.3) is 5.56 Å². The predicted molar refractivity (Wildman–Crippen MR) is 109 cm³/mol. The first-order chi connectivity index (χ1) is 14.6. The smallest absolute Gasteiger partial charge is 0.308 e. The molecule has 1 amide bonds. The van der Waals surface area contributed by atoms with Crippen LogP contribution in [-0.2, 0) is 20.9 Å². The number of nitrogens with zero attached hydrogens (tertiary/aromatic N) is 5. The van der Waals surface area contributed by atoms with Crippen LogP contribution in [0.5, 0.6) is 0 Å². The van der Waals surface area contributed by atoms with Gasteiger partial charge in [-0.2, -0.15) is 5.10 Å². The van der Waals surface area contributed by atoms with Gasteiger partial charge in [-0.3, -0.25) is 19.0 Å².